The van der Waals surface area contributed by atoms with E-state index < -0.39 is 26.3 Å². The number of carbonyl (C=O) groups excluding carboxylic acids is 1. The predicted molar refractivity (Wildman–Crippen MR) is 118 cm³/mol. The number of sulfone groups is 1. The molecule has 3 aromatic heterocycles. The molecule has 0 saturated carbocycles. The minimum Gasteiger partial charge on any atom is -0.386 e. The maximum absolute atomic E-state index is 13.9. The number of halogens is 1. The summed E-state index contributed by atoms with van der Waals surface area (Å²) in [6.45, 7) is 4.61. The van der Waals surface area contributed by atoms with Crippen molar-refractivity contribution in [3.63, 3.8) is 0 Å². The number of nitrogens with one attached hydrogen (secondary N) is 2. The third-order valence-electron chi connectivity index (χ3n) is 4.38. The second kappa shape index (κ2) is 8.60. The molecule has 3 rings (SSSR count). The fraction of sp³-hybridized carbons (Fsp3) is 0.238. The van der Waals surface area contributed by atoms with Crippen LogP contribution in [0.2, 0.25) is 0 Å². The first-order valence-electron chi connectivity index (χ1n) is 9.45. The number of hydrogen-bond donors (Lipinski definition) is 3. The number of aromatic nitrogens is 3. The molecule has 11 heteroatoms. The van der Waals surface area contributed by atoms with E-state index in [9.17, 15) is 22.7 Å². The monoisotopic (exact) mass is 459 g/mol. The van der Waals surface area contributed by atoms with Gasteiger partial charge in [0.25, 0.3) is 0 Å². The summed E-state index contributed by atoms with van der Waals surface area (Å²) >= 11 is 0. The Labute approximate surface area is 184 Å². The normalized spacial score (nSPS) is 11.8. The lowest BCUT2D eigenvalue weighted by atomic mass is 9.99. The van der Waals surface area contributed by atoms with E-state index in [-0.39, 0.29) is 17.5 Å². The van der Waals surface area contributed by atoms with Crippen molar-refractivity contribution in [3.05, 3.63) is 54.1 Å². The molecule has 168 valence electrons. The van der Waals surface area contributed by atoms with E-state index in [0.717, 1.165) is 12.3 Å². The van der Waals surface area contributed by atoms with E-state index in [1.807, 2.05) is 0 Å². The van der Waals surface area contributed by atoms with Gasteiger partial charge in [-0.3, -0.25) is 9.78 Å². The minimum atomic E-state index is -3.88. The van der Waals surface area contributed by atoms with Crippen LogP contribution < -0.4 is 10.6 Å². The molecule has 0 unspecified atom stereocenters. The van der Waals surface area contributed by atoms with E-state index in [1.165, 1.54) is 31.5 Å². The van der Waals surface area contributed by atoms with Crippen molar-refractivity contribution in [3.8, 4) is 11.3 Å². The molecule has 0 saturated heterocycles. The Balaban J connectivity index is 2.08. The van der Waals surface area contributed by atoms with Crippen LogP contribution in [0.1, 0.15) is 26.3 Å². The fourth-order valence-corrected chi connectivity index (χ4v) is 3.50. The molecule has 0 atom stereocenters. The smallest absolute Gasteiger partial charge is 0.222 e. The molecule has 0 radical (unpaired) electrons. The van der Waals surface area contributed by atoms with Gasteiger partial charge in [-0.15, -0.1) is 0 Å². The lowest BCUT2D eigenvalue weighted by Crippen LogP contribution is -2.15. The van der Waals surface area contributed by atoms with E-state index in [4.69, 9.17) is 0 Å². The van der Waals surface area contributed by atoms with Gasteiger partial charge in [0, 0.05) is 42.8 Å². The quantitative estimate of drug-likeness (QED) is 0.512. The van der Waals surface area contributed by atoms with Crippen LogP contribution in [0.25, 0.3) is 11.3 Å². The molecule has 9 nitrogen and oxygen atoms in total. The average Bonchev–Trinajstić information content (AvgIpc) is 2.68. The molecule has 0 aliphatic carbocycles. The van der Waals surface area contributed by atoms with Crippen molar-refractivity contribution < 1.29 is 22.7 Å². The van der Waals surface area contributed by atoms with Gasteiger partial charge in [0.1, 0.15) is 11.6 Å². The predicted octanol–water partition coefficient (Wildman–Crippen LogP) is 3.01. The topological polar surface area (TPSA) is 134 Å². The van der Waals surface area contributed by atoms with Gasteiger partial charge >= 0.3 is 0 Å². The lowest BCUT2D eigenvalue weighted by Gasteiger charge is -2.18. The summed E-state index contributed by atoms with van der Waals surface area (Å²) in [4.78, 5) is 23.9. The maximum atomic E-state index is 13.9. The van der Waals surface area contributed by atoms with Gasteiger partial charge in [-0.05, 0) is 32.0 Å². The zero-order chi connectivity index (χ0) is 23.7. The van der Waals surface area contributed by atoms with Gasteiger partial charge in [-0.2, -0.15) is 0 Å². The molecular weight excluding hydrogens is 437 g/mol. The van der Waals surface area contributed by atoms with Gasteiger partial charge < -0.3 is 15.7 Å². The molecule has 1 amide bonds. The molecule has 0 aliphatic heterocycles. The van der Waals surface area contributed by atoms with Crippen molar-refractivity contribution >= 4 is 33.1 Å². The summed E-state index contributed by atoms with van der Waals surface area (Å²) in [5, 5.41) is 15.0. The van der Waals surface area contributed by atoms with Crippen LogP contribution in [0.5, 0.6) is 0 Å². The van der Waals surface area contributed by atoms with Crippen LogP contribution in [0.4, 0.5) is 21.7 Å². The summed E-state index contributed by atoms with van der Waals surface area (Å²) in [7, 11) is -3.88. The third-order valence-corrected chi connectivity index (χ3v) is 5.37. The van der Waals surface area contributed by atoms with E-state index in [0.29, 0.717) is 22.5 Å². The number of pyridine rings is 3. The summed E-state index contributed by atoms with van der Waals surface area (Å²) in [5.74, 6) is -0.984. The summed E-state index contributed by atoms with van der Waals surface area (Å²) in [6, 6.07) is 7.21. The highest BCUT2D eigenvalue weighted by Gasteiger charge is 2.19. The molecule has 0 bridgehead atoms. The van der Waals surface area contributed by atoms with Crippen LogP contribution in [-0.4, -0.2) is 40.6 Å². The van der Waals surface area contributed by atoms with E-state index in [1.54, 1.807) is 26.0 Å². The maximum Gasteiger partial charge on any atom is 0.222 e. The number of anilines is 3. The highest BCUT2D eigenvalue weighted by Crippen LogP contribution is 2.31. The molecule has 3 aromatic rings. The average molecular weight is 460 g/mol. The van der Waals surface area contributed by atoms with Crippen molar-refractivity contribution in [1.82, 2.24) is 15.0 Å². The Morgan fingerprint density at radius 1 is 1.09 bits per heavy atom. The third kappa shape index (κ3) is 5.42. The Morgan fingerprint density at radius 2 is 1.81 bits per heavy atom. The number of amides is 1. The summed E-state index contributed by atoms with van der Waals surface area (Å²) < 4.78 is 37.6. The zero-order valence-corrected chi connectivity index (χ0v) is 18.7. The van der Waals surface area contributed by atoms with Gasteiger partial charge in [0.2, 0.25) is 5.91 Å². The van der Waals surface area contributed by atoms with Crippen molar-refractivity contribution in [2.75, 3.05) is 16.9 Å². The van der Waals surface area contributed by atoms with Crippen LogP contribution in [0.3, 0.4) is 0 Å². The first-order valence-corrected chi connectivity index (χ1v) is 11.3. The lowest BCUT2D eigenvalue weighted by molar-refractivity contribution is -0.114. The second-order valence-electron chi connectivity index (χ2n) is 7.67. The summed E-state index contributed by atoms with van der Waals surface area (Å²) in [6.07, 6.45) is 3.86. The van der Waals surface area contributed by atoms with Crippen LogP contribution >= 0.6 is 0 Å². The number of rotatable bonds is 6. The highest BCUT2D eigenvalue weighted by atomic mass is 32.2. The van der Waals surface area contributed by atoms with Crippen LogP contribution in [-0.2, 0) is 20.2 Å². The number of nitrogens with zero attached hydrogens (tertiary/aromatic N) is 3. The fourth-order valence-electron chi connectivity index (χ4n) is 2.82. The Morgan fingerprint density at radius 3 is 2.38 bits per heavy atom. The van der Waals surface area contributed by atoms with Crippen LogP contribution in [0.15, 0.2) is 47.8 Å². The zero-order valence-electron chi connectivity index (χ0n) is 17.8. The Bertz CT molecular complexity index is 1270. The van der Waals surface area contributed by atoms with Crippen molar-refractivity contribution in [2.45, 2.75) is 31.4 Å². The number of aliphatic hydroxyl groups is 1. The first kappa shape index (κ1) is 23.2. The van der Waals surface area contributed by atoms with Gasteiger partial charge in [-0.25, -0.2) is 22.8 Å². The van der Waals surface area contributed by atoms with Gasteiger partial charge in [-0.1, -0.05) is 6.07 Å². The minimum absolute atomic E-state index is 0.0705. The number of carbonyl (C=O) groups is 1. The van der Waals surface area contributed by atoms with E-state index in [2.05, 4.69) is 25.6 Å². The molecule has 0 aliphatic rings. The molecule has 0 fully saturated rings. The second-order valence-corrected chi connectivity index (χ2v) is 9.60. The highest BCUT2D eigenvalue weighted by molar-refractivity contribution is 7.90. The Kier molecular flexibility index (Phi) is 6.24. The SMILES string of the molecule is CC(=O)Nc1cc(Nc2ccc(F)c(S(C)(=O)=O)n2)c(-c2ccc(C(C)(C)O)cn2)cn1. The first-order chi connectivity index (χ1) is 14.8. The van der Waals surface area contributed by atoms with Gasteiger partial charge in [0.15, 0.2) is 20.7 Å². The van der Waals surface area contributed by atoms with E-state index >= 15 is 0 Å². The number of hydrogen-bond acceptors (Lipinski definition) is 8. The molecule has 3 N–H and O–H groups in total. The molecule has 0 spiro atoms. The molecular formula is C21H22FN5O4S. The molecule has 32 heavy (non-hydrogen) atoms. The Hall–Kier alpha value is -3.44. The summed E-state index contributed by atoms with van der Waals surface area (Å²) in [5.41, 5.74) is 0.934. The molecule has 0 aromatic carbocycles. The largest absolute Gasteiger partial charge is 0.386 e. The van der Waals surface area contributed by atoms with Gasteiger partial charge in [0.05, 0.1) is 17.0 Å². The standard InChI is InChI=1S/C21H22FN5O4S/c1-12(28)25-19-9-17(26-18-8-6-15(22)20(27-18)32(4,30)31)14(11-24-19)16-7-5-13(10-23-16)21(2,3)29/h5-11,29H,1-4H3,(H2,24,25,26,27,28). The molecule has 3 heterocycles. The van der Waals surface area contributed by atoms with Crippen molar-refractivity contribution in [1.29, 1.82) is 0 Å². The van der Waals surface area contributed by atoms with Crippen molar-refractivity contribution in [2.24, 2.45) is 0 Å². The van der Waals surface area contributed by atoms with Crippen LogP contribution in [0, 0.1) is 5.82 Å².